The molecule has 0 aliphatic heterocycles. The lowest BCUT2D eigenvalue weighted by Gasteiger charge is -2.11. The molecule has 2 aromatic rings. The fourth-order valence-electron chi connectivity index (χ4n) is 2.30. The highest BCUT2D eigenvalue weighted by Gasteiger charge is 2.09. The number of hydrazone groups is 1. The fourth-order valence-corrected chi connectivity index (χ4v) is 2.30. The van der Waals surface area contributed by atoms with Gasteiger partial charge in [0, 0.05) is 5.56 Å². The molecular weight excluding hydrogens is 346 g/mol. The molecule has 0 unspecified atom stereocenters. The number of ether oxygens (including phenoxy) is 3. The first-order valence-electron chi connectivity index (χ1n) is 8.32. The number of nitriles is 1. The molecule has 2 aromatic carbocycles. The molecule has 140 valence electrons. The molecule has 0 aliphatic rings. The number of methoxy groups -OCH3 is 2. The quantitative estimate of drug-likeness (QED) is 0.572. The molecule has 1 amide bonds. The molecule has 0 radical (unpaired) electrons. The Hall–Kier alpha value is -3.53. The molecule has 0 fully saturated rings. The Balaban J connectivity index is 1.99. The number of nitrogens with zero attached hydrogens (tertiary/aromatic N) is 2. The highest BCUT2D eigenvalue weighted by atomic mass is 16.5. The van der Waals surface area contributed by atoms with Crippen LogP contribution in [0.4, 0.5) is 0 Å². The maximum Gasteiger partial charge on any atom is 0.277 e. The van der Waals surface area contributed by atoms with E-state index >= 15 is 0 Å². The molecule has 0 atom stereocenters. The van der Waals surface area contributed by atoms with E-state index in [1.54, 1.807) is 50.6 Å². The van der Waals surface area contributed by atoms with Gasteiger partial charge >= 0.3 is 0 Å². The number of carbonyl (C=O) groups is 1. The van der Waals surface area contributed by atoms with Gasteiger partial charge in [0.1, 0.15) is 5.75 Å². The summed E-state index contributed by atoms with van der Waals surface area (Å²) in [5.74, 6) is 1.33. The lowest BCUT2D eigenvalue weighted by Crippen LogP contribution is -2.26. The van der Waals surface area contributed by atoms with Crippen molar-refractivity contribution in [3.63, 3.8) is 0 Å². The largest absolute Gasteiger partial charge is 0.493 e. The van der Waals surface area contributed by atoms with E-state index in [1.165, 1.54) is 0 Å². The molecule has 27 heavy (non-hydrogen) atoms. The van der Waals surface area contributed by atoms with Crippen LogP contribution < -0.4 is 19.6 Å². The molecule has 0 aromatic heterocycles. The van der Waals surface area contributed by atoms with Crippen molar-refractivity contribution in [2.75, 3.05) is 20.8 Å². The van der Waals surface area contributed by atoms with Gasteiger partial charge in [0.25, 0.3) is 5.91 Å². The third kappa shape index (κ3) is 5.47. The van der Waals surface area contributed by atoms with Crippen LogP contribution in [0, 0.1) is 11.3 Å². The number of hydrogen-bond donors (Lipinski definition) is 1. The first-order valence-corrected chi connectivity index (χ1v) is 8.32. The standard InChI is InChI=1S/C20H21N3O4/c1-4-17(15-7-10-18(25-2)19(11-15)26-3)22-23-20(24)13-27-16-8-5-14(12-21)6-9-16/h5-11H,4,13H2,1-3H3,(H,23,24). The van der Waals surface area contributed by atoms with Gasteiger partial charge in [0.05, 0.1) is 31.6 Å². The molecular formula is C20H21N3O4. The van der Waals surface area contributed by atoms with E-state index < -0.39 is 0 Å². The fraction of sp³-hybridized carbons (Fsp3) is 0.250. The normalized spacial score (nSPS) is 10.7. The Bertz CT molecular complexity index is 855. The van der Waals surface area contributed by atoms with Crippen molar-refractivity contribution in [2.24, 2.45) is 5.10 Å². The lowest BCUT2D eigenvalue weighted by molar-refractivity contribution is -0.123. The summed E-state index contributed by atoms with van der Waals surface area (Å²) in [7, 11) is 3.13. The van der Waals surface area contributed by atoms with E-state index in [0.29, 0.717) is 34.9 Å². The Morgan fingerprint density at radius 2 is 1.81 bits per heavy atom. The van der Waals surface area contributed by atoms with Crippen LogP contribution in [0.15, 0.2) is 47.6 Å². The summed E-state index contributed by atoms with van der Waals surface area (Å²) in [6.45, 7) is 1.76. The Morgan fingerprint density at radius 1 is 1.11 bits per heavy atom. The molecule has 0 saturated carbocycles. The predicted molar refractivity (Wildman–Crippen MR) is 101 cm³/mol. The molecule has 0 saturated heterocycles. The van der Waals surface area contributed by atoms with Crippen molar-refractivity contribution in [2.45, 2.75) is 13.3 Å². The molecule has 1 N–H and O–H groups in total. The number of hydrogen-bond acceptors (Lipinski definition) is 6. The van der Waals surface area contributed by atoms with Gasteiger partial charge in [-0.15, -0.1) is 0 Å². The molecule has 7 heteroatoms. The Kier molecular flexibility index (Phi) is 7.20. The van der Waals surface area contributed by atoms with Gasteiger partial charge in [-0.05, 0) is 48.9 Å². The third-order valence-electron chi connectivity index (χ3n) is 3.72. The minimum Gasteiger partial charge on any atom is -0.493 e. The zero-order chi connectivity index (χ0) is 19.6. The maximum absolute atomic E-state index is 12.0. The van der Waals surface area contributed by atoms with Crippen molar-refractivity contribution in [1.29, 1.82) is 5.26 Å². The van der Waals surface area contributed by atoms with Crippen molar-refractivity contribution in [1.82, 2.24) is 5.43 Å². The molecule has 0 spiro atoms. The first-order chi connectivity index (χ1) is 13.1. The highest BCUT2D eigenvalue weighted by Crippen LogP contribution is 2.28. The van der Waals surface area contributed by atoms with Crippen LogP contribution in [-0.2, 0) is 4.79 Å². The van der Waals surface area contributed by atoms with E-state index in [9.17, 15) is 4.79 Å². The second-order valence-corrected chi connectivity index (χ2v) is 5.44. The maximum atomic E-state index is 12.0. The summed E-state index contributed by atoms with van der Waals surface area (Å²) >= 11 is 0. The average molecular weight is 367 g/mol. The summed E-state index contributed by atoms with van der Waals surface area (Å²) in [4.78, 5) is 12.0. The highest BCUT2D eigenvalue weighted by molar-refractivity contribution is 6.01. The predicted octanol–water partition coefficient (Wildman–Crippen LogP) is 2.88. The van der Waals surface area contributed by atoms with Gasteiger partial charge in [0.2, 0.25) is 0 Å². The van der Waals surface area contributed by atoms with Crippen LogP contribution in [-0.4, -0.2) is 32.4 Å². The summed E-state index contributed by atoms with van der Waals surface area (Å²) in [6.07, 6.45) is 0.617. The second-order valence-electron chi connectivity index (χ2n) is 5.44. The molecule has 2 rings (SSSR count). The van der Waals surface area contributed by atoms with Crippen molar-refractivity contribution >= 4 is 11.6 Å². The van der Waals surface area contributed by atoms with E-state index in [2.05, 4.69) is 10.5 Å². The summed E-state index contributed by atoms with van der Waals surface area (Å²) < 4.78 is 15.9. The zero-order valence-corrected chi connectivity index (χ0v) is 15.5. The molecule has 7 nitrogen and oxygen atoms in total. The summed E-state index contributed by atoms with van der Waals surface area (Å²) in [5, 5.41) is 12.9. The molecule has 0 heterocycles. The van der Waals surface area contributed by atoms with Gasteiger partial charge in [-0.2, -0.15) is 10.4 Å². The van der Waals surface area contributed by atoms with Gasteiger partial charge < -0.3 is 14.2 Å². The van der Waals surface area contributed by atoms with Gasteiger partial charge in [-0.3, -0.25) is 4.79 Å². The average Bonchev–Trinajstić information content (AvgIpc) is 2.72. The van der Waals surface area contributed by atoms with Crippen molar-refractivity contribution in [3.05, 3.63) is 53.6 Å². The smallest absolute Gasteiger partial charge is 0.277 e. The van der Waals surface area contributed by atoms with Crippen LogP contribution in [0.2, 0.25) is 0 Å². The number of rotatable bonds is 8. The molecule has 0 aliphatic carbocycles. The monoisotopic (exact) mass is 367 g/mol. The van der Waals surface area contributed by atoms with Crippen molar-refractivity contribution in [3.8, 4) is 23.3 Å². The minimum atomic E-state index is -0.384. The lowest BCUT2D eigenvalue weighted by atomic mass is 10.1. The van der Waals surface area contributed by atoms with Crippen LogP contribution in [0.1, 0.15) is 24.5 Å². The van der Waals surface area contributed by atoms with Crippen molar-refractivity contribution < 1.29 is 19.0 Å². The number of amides is 1. The van der Waals surface area contributed by atoms with Gasteiger partial charge in [0.15, 0.2) is 18.1 Å². The van der Waals surface area contributed by atoms with Crippen LogP contribution in [0.25, 0.3) is 0 Å². The van der Waals surface area contributed by atoms with E-state index in [4.69, 9.17) is 19.5 Å². The SMILES string of the molecule is CCC(=NNC(=O)COc1ccc(C#N)cc1)c1ccc(OC)c(OC)c1. The number of nitrogens with one attached hydrogen (secondary N) is 1. The van der Waals surface area contributed by atoms with E-state index in [-0.39, 0.29) is 12.5 Å². The van der Waals surface area contributed by atoms with Crippen LogP contribution in [0.5, 0.6) is 17.2 Å². The summed E-state index contributed by atoms with van der Waals surface area (Å²) in [6, 6.07) is 14.0. The van der Waals surface area contributed by atoms with E-state index in [1.807, 2.05) is 19.1 Å². The zero-order valence-electron chi connectivity index (χ0n) is 15.5. The van der Waals surface area contributed by atoms with Gasteiger partial charge in [-0.25, -0.2) is 5.43 Å². The van der Waals surface area contributed by atoms with Crippen LogP contribution in [0.3, 0.4) is 0 Å². The minimum absolute atomic E-state index is 0.182. The first kappa shape index (κ1) is 19.8. The number of benzene rings is 2. The summed E-state index contributed by atoms with van der Waals surface area (Å²) in [5.41, 5.74) is 4.54. The van der Waals surface area contributed by atoms with E-state index in [0.717, 1.165) is 5.56 Å². The Labute approximate surface area is 158 Å². The Morgan fingerprint density at radius 3 is 2.41 bits per heavy atom. The van der Waals surface area contributed by atoms with Crippen LogP contribution >= 0.6 is 0 Å². The topological polar surface area (TPSA) is 92.9 Å². The molecule has 0 bridgehead atoms. The second kappa shape index (κ2) is 9.82. The van der Waals surface area contributed by atoms with Gasteiger partial charge in [-0.1, -0.05) is 6.92 Å². The number of carbonyl (C=O) groups excluding carboxylic acids is 1. The third-order valence-corrected chi connectivity index (χ3v) is 3.72.